The number of rotatable bonds is 5. The number of nitrogens with one attached hydrogen (secondary N) is 3. The molecule has 0 aliphatic heterocycles. The summed E-state index contributed by atoms with van der Waals surface area (Å²) in [6.45, 7) is 5.29. The molecular weight excluding hydrogens is 262 g/mol. The molecule has 0 aliphatic rings. The normalized spacial score (nSPS) is 11.1. The monoisotopic (exact) mass is 277 g/mol. The van der Waals surface area contributed by atoms with Gasteiger partial charge in [0.05, 0.1) is 12.0 Å². The van der Waals surface area contributed by atoms with E-state index in [4.69, 9.17) is 5.11 Å². The first-order chi connectivity index (χ1) is 9.43. The first kappa shape index (κ1) is 15.2. The predicted octanol–water partition coefficient (Wildman–Crippen LogP) is 0.129. The highest BCUT2D eigenvalue weighted by Gasteiger charge is 2.02. The van der Waals surface area contributed by atoms with Crippen LogP contribution in [-0.4, -0.2) is 27.5 Å². The molecule has 0 radical (unpaired) electrons. The fourth-order valence-electron chi connectivity index (χ4n) is 1.32. The van der Waals surface area contributed by atoms with Crippen molar-refractivity contribution in [2.75, 3.05) is 6.54 Å². The molecule has 1 rings (SSSR count). The molecule has 0 spiro atoms. The maximum atomic E-state index is 11.5. The number of aliphatic hydroxyl groups excluding tert-OH is 1. The average Bonchev–Trinajstić information content (AvgIpc) is 2.39. The molecule has 7 heteroatoms. The largest absolute Gasteiger partial charge is 0.516 e. The van der Waals surface area contributed by atoms with E-state index in [0.29, 0.717) is 11.1 Å². The Morgan fingerprint density at radius 3 is 2.70 bits per heavy atom. The summed E-state index contributed by atoms with van der Waals surface area (Å²) in [4.78, 5) is 38.4. The van der Waals surface area contributed by atoms with E-state index in [1.165, 1.54) is 25.2 Å². The summed E-state index contributed by atoms with van der Waals surface area (Å²) in [7, 11) is 0. The lowest BCUT2D eigenvalue weighted by atomic mass is 10.2. The number of carbonyl (C=O) groups excluding carboxylic acids is 1. The summed E-state index contributed by atoms with van der Waals surface area (Å²) in [6.07, 6.45) is 4.71. The number of aromatic amines is 2. The van der Waals surface area contributed by atoms with E-state index in [9.17, 15) is 14.4 Å². The maximum Gasteiger partial charge on any atom is 0.326 e. The molecule has 0 unspecified atom stereocenters. The van der Waals surface area contributed by atoms with E-state index < -0.39 is 17.2 Å². The van der Waals surface area contributed by atoms with Gasteiger partial charge in [0.2, 0.25) is 5.91 Å². The van der Waals surface area contributed by atoms with Crippen molar-refractivity contribution in [3.8, 4) is 0 Å². The third-order valence-electron chi connectivity index (χ3n) is 2.42. The van der Waals surface area contributed by atoms with Crippen molar-refractivity contribution >= 4 is 12.0 Å². The zero-order valence-corrected chi connectivity index (χ0v) is 10.9. The van der Waals surface area contributed by atoms with E-state index in [-0.39, 0.29) is 12.2 Å². The molecule has 0 fully saturated rings. The van der Waals surface area contributed by atoms with Gasteiger partial charge < -0.3 is 15.4 Å². The van der Waals surface area contributed by atoms with E-state index in [2.05, 4.69) is 21.9 Å². The van der Waals surface area contributed by atoms with Gasteiger partial charge in [-0.05, 0) is 24.6 Å². The lowest BCUT2D eigenvalue weighted by Crippen LogP contribution is -2.26. The van der Waals surface area contributed by atoms with Crippen molar-refractivity contribution in [2.45, 2.75) is 6.92 Å². The molecule has 0 saturated carbocycles. The molecule has 0 aromatic carbocycles. The van der Waals surface area contributed by atoms with Crippen LogP contribution in [0.4, 0.5) is 0 Å². The third-order valence-corrected chi connectivity index (χ3v) is 2.42. The topological polar surface area (TPSA) is 115 Å². The molecule has 0 aliphatic carbocycles. The van der Waals surface area contributed by atoms with Crippen molar-refractivity contribution in [1.29, 1.82) is 0 Å². The van der Waals surface area contributed by atoms with E-state index in [1.54, 1.807) is 0 Å². The standard InChI is InChI=1S/C13H15N3O4/c1-8(5-6-17)7-14-11(18)4-3-10-9(2)12(19)16-13(20)15-10/h3-6,17H,1,7H2,2H3,(H,14,18)(H2,15,16,19,20)/b4-3+,6-5+. The lowest BCUT2D eigenvalue weighted by molar-refractivity contribution is -0.116. The second-order valence-electron chi connectivity index (χ2n) is 3.97. The van der Waals surface area contributed by atoms with Crippen LogP contribution in [0.25, 0.3) is 6.08 Å². The molecule has 1 amide bonds. The van der Waals surface area contributed by atoms with Gasteiger partial charge in [-0.15, -0.1) is 0 Å². The van der Waals surface area contributed by atoms with E-state index >= 15 is 0 Å². The van der Waals surface area contributed by atoms with Gasteiger partial charge >= 0.3 is 5.69 Å². The quantitative estimate of drug-likeness (QED) is 0.348. The molecule has 20 heavy (non-hydrogen) atoms. The predicted molar refractivity (Wildman–Crippen MR) is 75.4 cm³/mol. The molecule has 1 heterocycles. The fraction of sp³-hybridized carbons (Fsp3) is 0.154. The van der Waals surface area contributed by atoms with Crippen LogP contribution in [0.1, 0.15) is 11.3 Å². The number of amides is 1. The second-order valence-corrected chi connectivity index (χ2v) is 3.97. The van der Waals surface area contributed by atoms with E-state index in [0.717, 1.165) is 6.26 Å². The smallest absolute Gasteiger partial charge is 0.326 e. The van der Waals surface area contributed by atoms with Crippen LogP contribution in [0.5, 0.6) is 0 Å². The minimum Gasteiger partial charge on any atom is -0.516 e. The van der Waals surface area contributed by atoms with Crippen LogP contribution < -0.4 is 16.6 Å². The summed E-state index contributed by atoms with van der Waals surface area (Å²) < 4.78 is 0. The summed E-state index contributed by atoms with van der Waals surface area (Å²) in [5.41, 5.74) is -0.0448. The van der Waals surface area contributed by atoms with Gasteiger partial charge in [0.15, 0.2) is 0 Å². The van der Waals surface area contributed by atoms with Crippen LogP contribution in [-0.2, 0) is 4.79 Å². The Hall–Kier alpha value is -2.83. The van der Waals surface area contributed by atoms with Crippen LogP contribution in [0.2, 0.25) is 0 Å². The molecule has 7 nitrogen and oxygen atoms in total. The van der Waals surface area contributed by atoms with Crippen molar-refractivity contribution in [2.24, 2.45) is 0 Å². The zero-order valence-electron chi connectivity index (χ0n) is 10.9. The first-order valence-corrected chi connectivity index (χ1v) is 5.71. The van der Waals surface area contributed by atoms with Crippen molar-refractivity contribution in [1.82, 2.24) is 15.3 Å². The van der Waals surface area contributed by atoms with Gasteiger partial charge in [-0.1, -0.05) is 6.58 Å². The lowest BCUT2D eigenvalue weighted by Gasteiger charge is -2.01. The minimum absolute atomic E-state index is 0.172. The summed E-state index contributed by atoms with van der Waals surface area (Å²) in [5.74, 6) is -0.418. The Morgan fingerprint density at radius 1 is 1.35 bits per heavy atom. The van der Waals surface area contributed by atoms with Crippen LogP contribution >= 0.6 is 0 Å². The Kier molecular flexibility index (Phi) is 5.28. The third kappa shape index (κ3) is 4.45. The van der Waals surface area contributed by atoms with Crippen LogP contribution in [0, 0.1) is 6.92 Å². The maximum absolute atomic E-state index is 11.5. The Morgan fingerprint density at radius 2 is 2.05 bits per heavy atom. The number of hydrogen-bond donors (Lipinski definition) is 4. The Labute approximate surface area is 114 Å². The SMILES string of the molecule is C=C(/C=C/O)CNC(=O)/C=C/c1[nH]c(=O)[nH]c(=O)c1C. The molecule has 4 N–H and O–H groups in total. The van der Waals surface area contributed by atoms with E-state index in [1.807, 2.05) is 0 Å². The highest BCUT2D eigenvalue weighted by molar-refractivity contribution is 5.91. The van der Waals surface area contributed by atoms with Gasteiger partial charge in [0.1, 0.15) is 0 Å². The number of hydrogen-bond acceptors (Lipinski definition) is 4. The number of H-pyrrole nitrogens is 2. The summed E-state index contributed by atoms with van der Waals surface area (Å²) in [5, 5.41) is 11.0. The van der Waals surface area contributed by atoms with Crippen molar-refractivity contribution < 1.29 is 9.90 Å². The van der Waals surface area contributed by atoms with Crippen molar-refractivity contribution in [3.63, 3.8) is 0 Å². The number of carbonyl (C=O) groups is 1. The van der Waals surface area contributed by atoms with Crippen LogP contribution in [0.3, 0.4) is 0 Å². The molecule has 0 atom stereocenters. The summed E-state index contributed by atoms with van der Waals surface area (Å²) >= 11 is 0. The van der Waals surface area contributed by atoms with Gasteiger partial charge in [-0.2, -0.15) is 0 Å². The molecular formula is C13H15N3O4. The minimum atomic E-state index is -0.637. The van der Waals surface area contributed by atoms with Gasteiger partial charge in [-0.3, -0.25) is 14.6 Å². The van der Waals surface area contributed by atoms with Gasteiger partial charge in [0.25, 0.3) is 5.56 Å². The molecule has 0 saturated heterocycles. The molecule has 1 aromatic heterocycles. The molecule has 106 valence electrons. The second kappa shape index (κ2) is 6.93. The van der Waals surface area contributed by atoms with Gasteiger partial charge in [-0.25, -0.2) is 4.79 Å². The summed E-state index contributed by atoms with van der Waals surface area (Å²) in [6, 6.07) is 0. The highest BCUT2D eigenvalue weighted by atomic mass is 16.2. The molecule has 0 bridgehead atoms. The number of aromatic nitrogens is 2. The fourth-order valence-corrected chi connectivity index (χ4v) is 1.32. The zero-order chi connectivity index (χ0) is 15.1. The Balaban J connectivity index is 2.74. The van der Waals surface area contributed by atoms with Crippen molar-refractivity contribution in [3.05, 3.63) is 62.7 Å². The molecule has 1 aromatic rings. The first-order valence-electron chi connectivity index (χ1n) is 5.71. The highest BCUT2D eigenvalue weighted by Crippen LogP contribution is 1.98. The van der Waals surface area contributed by atoms with Gasteiger partial charge in [0, 0.05) is 18.2 Å². The van der Waals surface area contributed by atoms with Crippen LogP contribution in [0.15, 0.2) is 40.2 Å². The Bertz CT molecular complexity index is 680. The number of aliphatic hydroxyl groups is 1. The average molecular weight is 277 g/mol.